The van der Waals surface area contributed by atoms with Gasteiger partial charge in [0, 0.05) is 13.5 Å². The van der Waals surface area contributed by atoms with Crippen LogP contribution in [-0.4, -0.2) is 31.0 Å². The summed E-state index contributed by atoms with van der Waals surface area (Å²) in [7, 11) is 3.36. The van der Waals surface area contributed by atoms with Crippen LogP contribution < -0.4 is 4.74 Å². The van der Waals surface area contributed by atoms with Gasteiger partial charge in [0.15, 0.2) is 0 Å². The zero-order chi connectivity index (χ0) is 13.9. The quantitative estimate of drug-likeness (QED) is 0.909. The zero-order valence-corrected chi connectivity index (χ0v) is 12.1. The summed E-state index contributed by atoms with van der Waals surface area (Å²) in [5.74, 6) is 0.847. The molecule has 0 saturated heterocycles. The number of aryl methyl sites for hydroxylation is 1. The van der Waals surface area contributed by atoms with Crippen LogP contribution in [0.15, 0.2) is 18.2 Å². The fourth-order valence-electron chi connectivity index (χ4n) is 3.11. The minimum Gasteiger partial charge on any atom is -0.496 e. The van der Waals surface area contributed by atoms with Gasteiger partial charge < -0.3 is 14.6 Å². The summed E-state index contributed by atoms with van der Waals surface area (Å²) in [6, 6.07) is 6.10. The maximum Gasteiger partial charge on any atom is 0.122 e. The lowest BCUT2D eigenvalue weighted by molar-refractivity contribution is -0.116. The molecule has 1 aliphatic carbocycles. The fourth-order valence-corrected chi connectivity index (χ4v) is 3.11. The molecule has 1 N–H and O–H groups in total. The van der Waals surface area contributed by atoms with E-state index in [4.69, 9.17) is 9.47 Å². The third kappa shape index (κ3) is 3.10. The summed E-state index contributed by atoms with van der Waals surface area (Å²) in [4.78, 5) is 0. The highest BCUT2D eigenvalue weighted by Crippen LogP contribution is 2.35. The lowest BCUT2D eigenvalue weighted by atomic mass is 9.78. The Hall–Kier alpha value is -1.06. The molecule has 106 valence electrons. The SMILES string of the molecule is COc1ccc(C)cc1CC1(O)CCCCC1OC. The molecule has 0 heterocycles. The van der Waals surface area contributed by atoms with Crippen LogP contribution in [0, 0.1) is 6.92 Å². The molecule has 2 unspecified atom stereocenters. The summed E-state index contributed by atoms with van der Waals surface area (Å²) >= 11 is 0. The molecule has 1 fully saturated rings. The monoisotopic (exact) mass is 264 g/mol. The summed E-state index contributed by atoms with van der Waals surface area (Å²) in [5, 5.41) is 10.9. The normalized spacial score (nSPS) is 27.3. The first kappa shape index (κ1) is 14.4. The number of aliphatic hydroxyl groups is 1. The van der Waals surface area contributed by atoms with Crippen molar-refractivity contribution in [3.8, 4) is 5.75 Å². The van der Waals surface area contributed by atoms with Crippen molar-refractivity contribution in [3.63, 3.8) is 0 Å². The van der Waals surface area contributed by atoms with Crippen LogP contribution in [0.4, 0.5) is 0 Å². The van der Waals surface area contributed by atoms with Crippen molar-refractivity contribution in [2.45, 2.75) is 50.7 Å². The second-order valence-electron chi connectivity index (χ2n) is 5.57. The molecule has 1 aromatic rings. The minimum atomic E-state index is -0.770. The van der Waals surface area contributed by atoms with Crippen molar-refractivity contribution in [2.75, 3.05) is 14.2 Å². The highest BCUT2D eigenvalue weighted by Gasteiger charge is 2.39. The van der Waals surface area contributed by atoms with Gasteiger partial charge in [0.25, 0.3) is 0 Å². The molecule has 0 bridgehead atoms. The largest absolute Gasteiger partial charge is 0.496 e. The van der Waals surface area contributed by atoms with Gasteiger partial charge in [-0.15, -0.1) is 0 Å². The van der Waals surface area contributed by atoms with Crippen LogP contribution in [0.1, 0.15) is 36.8 Å². The Morgan fingerprint density at radius 1 is 1.32 bits per heavy atom. The van der Waals surface area contributed by atoms with Gasteiger partial charge in [-0.3, -0.25) is 0 Å². The second kappa shape index (κ2) is 5.93. The molecule has 0 spiro atoms. The van der Waals surface area contributed by atoms with Gasteiger partial charge in [0.1, 0.15) is 5.75 Å². The molecule has 0 aromatic heterocycles. The van der Waals surface area contributed by atoms with Crippen molar-refractivity contribution in [1.29, 1.82) is 0 Å². The molecule has 0 amide bonds. The number of rotatable bonds is 4. The average molecular weight is 264 g/mol. The van der Waals surface area contributed by atoms with Crippen LogP contribution in [0.2, 0.25) is 0 Å². The van der Waals surface area contributed by atoms with Crippen molar-refractivity contribution in [3.05, 3.63) is 29.3 Å². The highest BCUT2D eigenvalue weighted by molar-refractivity contribution is 5.38. The van der Waals surface area contributed by atoms with Gasteiger partial charge in [-0.1, -0.05) is 30.5 Å². The van der Waals surface area contributed by atoms with Crippen molar-refractivity contribution < 1.29 is 14.6 Å². The maximum atomic E-state index is 10.9. The Morgan fingerprint density at radius 2 is 2.11 bits per heavy atom. The van der Waals surface area contributed by atoms with Crippen molar-refractivity contribution >= 4 is 0 Å². The molecule has 19 heavy (non-hydrogen) atoms. The molecular weight excluding hydrogens is 240 g/mol. The first-order valence-electron chi connectivity index (χ1n) is 6.98. The fraction of sp³-hybridized carbons (Fsp3) is 0.625. The van der Waals surface area contributed by atoms with E-state index in [0.717, 1.165) is 37.0 Å². The predicted octanol–water partition coefficient (Wildman–Crippen LogP) is 2.87. The van der Waals surface area contributed by atoms with Gasteiger partial charge in [-0.25, -0.2) is 0 Å². The van der Waals surface area contributed by atoms with Gasteiger partial charge in [0.05, 0.1) is 18.8 Å². The van der Waals surface area contributed by atoms with E-state index in [0.29, 0.717) is 6.42 Å². The Morgan fingerprint density at radius 3 is 2.79 bits per heavy atom. The third-order valence-corrected chi connectivity index (χ3v) is 4.14. The number of methoxy groups -OCH3 is 2. The summed E-state index contributed by atoms with van der Waals surface area (Å²) in [6.45, 7) is 2.06. The summed E-state index contributed by atoms with van der Waals surface area (Å²) in [5.41, 5.74) is 1.48. The second-order valence-corrected chi connectivity index (χ2v) is 5.57. The third-order valence-electron chi connectivity index (χ3n) is 4.14. The number of hydrogen-bond acceptors (Lipinski definition) is 3. The van der Waals surface area contributed by atoms with E-state index < -0.39 is 5.60 Å². The Labute approximate surface area is 115 Å². The van der Waals surface area contributed by atoms with E-state index in [2.05, 4.69) is 13.0 Å². The van der Waals surface area contributed by atoms with E-state index in [9.17, 15) is 5.11 Å². The Balaban J connectivity index is 2.25. The predicted molar refractivity (Wildman–Crippen MR) is 75.6 cm³/mol. The lowest BCUT2D eigenvalue weighted by Crippen LogP contribution is -2.47. The smallest absolute Gasteiger partial charge is 0.122 e. The molecule has 3 heteroatoms. The van der Waals surface area contributed by atoms with Crippen LogP contribution in [0.5, 0.6) is 5.75 Å². The molecular formula is C16H24O3. The first-order valence-corrected chi connectivity index (χ1v) is 6.98. The molecule has 2 rings (SSSR count). The van der Waals surface area contributed by atoms with Gasteiger partial charge in [-0.2, -0.15) is 0 Å². The molecule has 2 atom stereocenters. The Bertz CT molecular complexity index is 430. The molecule has 1 saturated carbocycles. The van der Waals surface area contributed by atoms with Crippen LogP contribution >= 0.6 is 0 Å². The van der Waals surface area contributed by atoms with E-state index >= 15 is 0 Å². The standard InChI is InChI=1S/C16H24O3/c1-12-7-8-14(18-2)13(10-12)11-16(17)9-5-4-6-15(16)19-3/h7-8,10,15,17H,4-6,9,11H2,1-3H3. The molecule has 0 aliphatic heterocycles. The van der Waals surface area contributed by atoms with Crippen LogP contribution in [0.25, 0.3) is 0 Å². The van der Waals surface area contributed by atoms with E-state index in [1.165, 1.54) is 5.56 Å². The highest BCUT2D eigenvalue weighted by atomic mass is 16.5. The summed E-state index contributed by atoms with van der Waals surface area (Å²) in [6.07, 6.45) is 4.43. The molecule has 1 aliphatic rings. The van der Waals surface area contributed by atoms with Gasteiger partial charge in [0.2, 0.25) is 0 Å². The van der Waals surface area contributed by atoms with E-state index in [1.54, 1.807) is 14.2 Å². The summed E-state index contributed by atoms with van der Waals surface area (Å²) < 4.78 is 10.9. The number of ether oxygens (including phenoxy) is 2. The lowest BCUT2D eigenvalue weighted by Gasteiger charge is -2.39. The van der Waals surface area contributed by atoms with Crippen molar-refractivity contribution in [2.24, 2.45) is 0 Å². The van der Waals surface area contributed by atoms with Crippen LogP contribution in [0.3, 0.4) is 0 Å². The first-order chi connectivity index (χ1) is 9.09. The van der Waals surface area contributed by atoms with E-state index in [1.807, 2.05) is 12.1 Å². The molecule has 1 aromatic carbocycles. The average Bonchev–Trinajstić information content (AvgIpc) is 2.39. The molecule has 0 radical (unpaired) electrons. The van der Waals surface area contributed by atoms with Gasteiger partial charge in [-0.05, 0) is 31.4 Å². The zero-order valence-electron chi connectivity index (χ0n) is 12.1. The number of benzene rings is 1. The van der Waals surface area contributed by atoms with Crippen molar-refractivity contribution in [1.82, 2.24) is 0 Å². The van der Waals surface area contributed by atoms with Gasteiger partial charge >= 0.3 is 0 Å². The molecule has 3 nitrogen and oxygen atoms in total. The topological polar surface area (TPSA) is 38.7 Å². The number of hydrogen-bond donors (Lipinski definition) is 1. The van der Waals surface area contributed by atoms with Crippen LogP contribution in [-0.2, 0) is 11.2 Å². The maximum absolute atomic E-state index is 10.9. The minimum absolute atomic E-state index is 0.0773. The van der Waals surface area contributed by atoms with E-state index in [-0.39, 0.29) is 6.10 Å². The Kier molecular flexibility index (Phi) is 4.48.